The molecule has 0 aliphatic heterocycles. The van der Waals surface area contributed by atoms with E-state index in [1.165, 1.54) is 24.3 Å². The first-order chi connectivity index (χ1) is 17.4. The second kappa shape index (κ2) is 10.2. The number of allylic oxidation sites excluding steroid dienone is 4. The number of hydrogen-bond donors (Lipinski definition) is 1. The molecule has 10 heteroatoms. The summed E-state index contributed by atoms with van der Waals surface area (Å²) in [4.78, 5) is 29.2. The van der Waals surface area contributed by atoms with Crippen LogP contribution in [0.5, 0.6) is 11.6 Å². The first-order valence-electron chi connectivity index (χ1n) is 12.0. The van der Waals surface area contributed by atoms with Gasteiger partial charge in [-0.25, -0.2) is 26.9 Å². The van der Waals surface area contributed by atoms with Gasteiger partial charge in [-0.3, -0.25) is 9.59 Å². The van der Waals surface area contributed by atoms with Crippen LogP contribution in [0.1, 0.15) is 70.8 Å². The van der Waals surface area contributed by atoms with Crippen LogP contribution in [-0.4, -0.2) is 31.0 Å². The van der Waals surface area contributed by atoms with Crippen molar-refractivity contribution in [2.24, 2.45) is 0 Å². The standard InChI is InChI=1S/C27H28F2N2O5S/c1-16-14-17(2)24(18(3)15-16)36-26-20(8-9-21(30-26)19-10-12-27(28,29)13-11-19)25(33)31-37(34,35)23-7-5-4-6-22(23)32/h4-5,7-9,14-15,19H,6,10-13H2,1-3H3,(H,31,33). The van der Waals surface area contributed by atoms with Crippen molar-refractivity contribution in [3.63, 3.8) is 0 Å². The summed E-state index contributed by atoms with van der Waals surface area (Å²) >= 11 is 0. The lowest BCUT2D eigenvalue weighted by Crippen LogP contribution is -2.34. The molecule has 0 unspecified atom stereocenters. The lowest BCUT2D eigenvalue weighted by Gasteiger charge is -2.28. The van der Waals surface area contributed by atoms with E-state index in [1.807, 2.05) is 37.6 Å². The summed E-state index contributed by atoms with van der Waals surface area (Å²) in [5, 5.41) is 0. The van der Waals surface area contributed by atoms with Gasteiger partial charge >= 0.3 is 0 Å². The lowest BCUT2D eigenvalue weighted by atomic mass is 9.84. The predicted octanol–water partition coefficient (Wildman–Crippen LogP) is 5.56. The fourth-order valence-corrected chi connectivity index (χ4v) is 5.79. The van der Waals surface area contributed by atoms with Gasteiger partial charge in [-0.05, 0) is 62.9 Å². The Hall–Kier alpha value is -3.40. The zero-order chi connectivity index (χ0) is 27.0. The number of alkyl halides is 2. The van der Waals surface area contributed by atoms with Crippen LogP contribution in [0.3, 0.4) is 0 Å². The van der Waals surface area contributed by atoms with Crippen LogP contribution in [-0.2, 0) is 14.8 Å². The quantitative estimate of drug-likeness (QED) is 0.524. The number of carbonyl (C=O) groups excluding carboxylic acids is 2. The highest BCUT2D eigenvalue weighted by molar-refractivity contribution is 7.95. The Balaban J connectivity index is 1.70. The van der Waals surface area contributed by atoms with Gasteiger partial charge < -0.3 is 4.74 Å². The van der Waals surface area contributed by atoms with Crippen LogP contribution < -0.4 is 9.46 Å². The average Bonchev–Trinajstić information content (AvgIpc) is 2.81. The summed E-state index contributed by atoms with van der Waals surface area (Å²) < 4.78 is 61.0. The van der Waals surface area contributed by atoms with E-state index in [0.717, 1.165) is 22.8 Å². The van der Waals surface area contributed by atoms with Crippen LogP contribution in [0.4, 0.5) is 8.78 Å². The van der Waals surface area contributed by atoms with Crippen molar-refractivity contribution >= 4 is 21.7 Å². The number of ketones is 1. The van der Waals surface area contributed by atoms with E-state index in [4.69, 9.17) is 4.74 Å². The maximum Gasteiger partial charge on any atom is 0.270 e. The molecule has 1 amide bonds. The maximum absolute atomic E-state index is 13.7. The fraction of sp³-hybridized carbons (Fsp3) is 0.370. The normalized spacial score (nSPS) is 17.9. The molecule has 1 N–H and O–H groups in total. The summed E-state index contributed by atoms with van der Waals surface area (Å²) in [6.45, 7) is 5.60. The Morgan fingerprint density at radius 1 is 1.11 bits per heavy atom. The Bertz CT molecular complexity index is 1400. The number of halogens is 2. The first-order valence-corrected chi connectivity index (χ1v) is 13.5. The Kier molecular flexibility index (Phi) is 7.32. The number of nitrogens with zero attached hydrogens (tertiary/aromatic N) is 1. The number of sulfonamides is 1. The summed E-state index contributed by atoms with van der Waals surface area (Å²) in [6, 6.07) is 6.71. The van der Waals surface area contributed by atoms with Crippen molar-refractivity contribution < 1.29 is 31.5 Å². The molecule has 0 atom stereocenters. The summed E-state index contributed by atoms with van der Waals surface area (Å²) in [5.41, 5.74) is 2.90. The minimum absolute atomic E-state index is 0.0854. The predicted molar refractivity (Wildman–Crippen MR) is 134 cm³/mol. The molecule has 7 nitrogen and oxygen atoms in total. The molecule has 0 radical (unpaired) electrons. The number of aromatic nitrogens is 1. The average molecular weight is 531 g/mol. The van der Waals surface area contributed by atoms with Gasteiger partial charge in [0.2, 0.25) is 11.8 Å². The summed E-state index contributed by atoms with van der Waals surface area (Å²) in [7, 11) is -4.44. The zero-order valence-electron chi connectivity index (χ0n) is 20.8. The zero-order valence-corrected chi connectivity index (χ0v) is 21.6. The Morgan fingerprint density at radius 3 is 2.38 bits per heavy atom. The van der Waals surface area contributed by atoms with Crippen LogP contribution in [0.2, 0.25) is 0 Å². The van der Waals surface area contributed by atoms with Crippen molar-refractivity contribution in [3.05, 3.63) is 75.3 Å². The van der Waals surface area contributed by atoms with Crippen LogP contribution in [0, 0.1) is 20.8 Å². The number of hydrogen-bond acceptors (Lipinski definition) is 6. The number of Topliss-reactive ketones (excluding diaryl/α,β-unsaturated/α-hetero) is 1. The number of benzene rings is 1. The van der Waals surface area contributed by atoms with Crippen molar-refractivity contribution in [1.29, 1.82) is 0 Å². The molecule has 2 aliphatic rings. The molecule has 0 saturated heterocycles. The van der Waals surface area contributed by atoms with Crippen molar-refractivity contribution in [2.45, 2.75) is 64.7 Å². The van der Waals surface area contributed by atoms with E-state index in [0.29, 0.717) is 11.4 Å². The third-order valence-corrected chi connectivity index (χ3v) is 7.94. The molecular weight excluding hydrogens is 502 g/mol. The maximum atomic E-state index is 13.7. The molecule has 1 heterocycles. The fourth-order valence-electron chi connectivity index (χ4n) is 4.69. The van der Waals surface area contributed by atoms with Crippen molar-refractivity contribution in [2.75, 3.05) is 0 Å². The summed E-state index contributed by atoms with van der Waals surface area (Å²) in [6.07, 6.45) is 3.94. The topological polar surface area (TPSA) is 102 Å². The highest BCUT2D eigenvalue weighted by Crippen LogP contribution is 2.41. The molecule has 4 rings (SSSR count). The molecule has 196 valence electrons. The second-order valence-electron chi connectivity index (χ2n) is 9.57. The van der Waals surface area contributed by atoms with E-state index in [-0.39, 0.29) is 49.5 Å². The Labute approximate surface area is 214 Å². The molecule has 1 saturated carbocycles. The lowest BCUT2D eigenvalue weighted by molar-refractivity contribution is -0.114. The number of nitrogens with one attached hydrogen (secondary N) is 1. The van der Waals surface area contributed by atoms with Gasteiger partial charge in [-0.1, -0.05) is 29.8 Å². The molecule has 0 bridgehead atoms. The van der Waals surface area contributed by atoms with Crippen LogP contribution >= 0.6 is 0 Å². The van der Waals surface area contributed by atoms with E-state index >= 15 is 0 Å². The number of rotatable bonds is 6. The van der Waals surface area contributed by atoms with E-state index < -0.39 is 32.5 Å². The molecular formula is C27H28F2N2O5S. The Morgan fingerprint density at radius 2 is 1.76 bits per heavy atom. The van der Waals surface area contributed by atoms with E-state index in [9.17, 15) is 26.8 Å². The minimum Gasteiger partial charge on any atom is -0.438 e. The van der Waals surface area contributed by atoms with Gasteiger partial charge in [0.25, 0.3) is 15.9 Å². The number of ether oxygens (including phenoxy) is 1. The molecule has 1 fully saturated rings. The van der Waals surface area contributed by atoms with Gasteiger partial charge in [0, 0.05) is 30.9 Å². The SMILES string of the molecule is Cc1cc(C)c(Oc2nc(C3CCC(F)(F)CC3)ccc2C(=O)NS(=O)(=O)C2=CC=CCC2=O)c(C)c1. The number of carbonyl (C=O) groups is 2. The van der Waals surface area contributed by atoms with E-state index in [1.54, 1.807) is 0 Å². The first kappa shape index (κ1) is 26.7. The third kappa shape index (κ3) is 5.95. The molecule has 1 aromatic carbocycles. The minimum atomic E-state index is -4.44. The molecule has 1 aromatic heterocycles. The van der Waals surface area contributed by atoms with Gasteiger partial charge in [-0.2, -0.15) is 0 Å². The molecule has 2 aliphatic carbocycles. The highest BCUT2D eigenvalue weighted by Gasteiger charge is 2.36. The van der Waals surface area contributed by atoms with Gasteiger partial charge in [0.15, 0.2) is 5.78 Å². The van der Waals surface area contributed by atoms with Gasteiger partial charge in [-0.15, -0.1) is 0 Å². The van der Waals surface area contributed by atoms with Crippen LogP contribution in [0.15, 0.2) is 47.4 Å². The molecule has 2 aromatic rings. The van der Waals surface area contributed by atoms with E-state index in [2.05, 4.69) is 4.98 Å². The number of amides is 1. The second-order valence-corrected chi connectivity index (χ2v) is 11.2. The van der Waals surface area contributed by atoms with Gasteiger partial charge in [0.1, 0.15) is 16.2 Å². The van der Waals surface area contributed by atoms with Crippen molar-refractivity contribution in [1.82, 2.24) is 9.71 Å². The largest absolute Gasteiger partial charge is 0.438 e. The smallest absolute Gasteiger partial charge is 0.270 e. The van der Waals surface area contributed by atoms with Crippen LogP contribution in [0.25, 0.3) is 0 Å². The number of aryl methyl sites for hydroxylation is 3. The molecule has 0 spiro atoms. The highest BCUT2D eigenvalue weighted by atomic mass is 32.2. The molecule has 37 heavy (non-hydrogen) atoms. The van der Waals surface area contributed by atoms with Crippen molar-refractivity contribution in [3.8, 4) is 11.6 Å². The van der Waals surface area contributed by atoms with Gasteiger partial charge in [0.05, 0.1) is 0 Å². The third-order valence-electron chi connectivity index (χ3n) is 6.54. The monoisotopic (exact) mass is 530 g/mol. The number of pyridine rings is 1. The summed E-state index contributed by atoms with van der Waals surface area (Å²) in [5.74, 6) is -4.29.